The number of rotatable bonds is 9. The van der Waals surface area contributed by atoms with Crippen molar-refractivity contribution in [3.8, 4) is 11.5 Å². The summed E-state index contributed by atoms with van der Waals surface area (Å²) in [6, 6.07) is 16.3. The highest BCUT2D eigenvalue weighted by molar-refractivity contribution is 9.10. The molecule has 190 valence electrons. The molecule has 0 spiro atoms. The van der Waals surface area contributed by atoms with E-state index in [4.69, 9.17) is 44.3 Å². The lowest BCUT2D eigenvalue weighted by Gasteiger charge is -2.12. The predicted octanol–water partition coefficient (Wildman–Crippen LogP) is 7.89. The van der Waals surface area contributed by atoms with Gasteiger partial charge in [-0.1, -0.05) is 46.9 Å². The molecule has 4 rings (SSSR count). The van der Waals surface area contributed by atoms with Crippen LogP contribution in [-0.2, 0) is 17.9 Å². The molecule has 0 saturated heterocycles. The van der Waals surface area contributed by atoms with E-state index in [2.05, 4.69) is 26.3 Å². The van der Waals surface area contributed by atoms with Gasteiger partial charge in [-0.3, -0.25) is 9.48 Å². The van der Waals surface area contributed by atoms with Crippen LogP contribution in [0.15, 0.2) is 77.5 Å². The summed E-state index contributed by atoms with van der Waals surface area (Å²) in [6.45, 7) is 0.765. The Kier molecular flexibility index (Phi) is 9.16. The molecule has 37 heavy (non-hydrogen) atoms. The monoisotopic (exact) mass is 619 g/mol. The molecule has 0 bridgehead atoms. The van der Waals surface area contributed by atoms with Crippen LogP contribution in [0.25, 0.3) is 6.08 Å². The van der Waals surface area contributed by atoms with Gasteiger partial charge in [0, 0.05) is 22.9 Å². The molecule has 0 saturated carbocycles. The topological polar surface area (TPSA) is 65.4 Å². The van der Waals surface area contributed by atoms with Gasteiger partial charge in [0.15, 0.2) is 0 Å². The highest BCUT2D eigenvalue weighted by Crippen LogP contribution is 2.30. The van der Waals surface area contributed by atoms with Crippen LogP contribution < -0.4 is 14.8 Å². The summed E-state index contributed by atoms with van der Waals surface area (Å²) in [4.78, 5) is 12.5. The fourth-order valence-electron chi connectivity index (χ4n) is 3.46. The van der Waals surface area contributed by atoms with Crippen molar-refractivity contribution in [2.75, 3.05) is 12.4 Å². The minimum atomic E-state index is -0.284. The van der Waals surface area contributed by atoms with E-state index in [0.717, 1.165) is 21.2 Å². The molecule has 0 radical (unpaired) electrons. The van der Waals surface area contributed by atoms with Gasteiger partial charge in [0.2, 0.25) is 5.91 Å². The molecule has 1 amide bonds. The number of aromatic nitrogens is 2. The van der Waals surface area contributed by atoms with Crippen molar-refractivity contribution in [1.29, 1.82) is 0 Å². The second kappa shape index (κ2) is 12.5. The van der Waals surface area contributed by atoms with Crippen molar-refractivity contribution in [3.63, 3.8) is 0 Å². The van der Waals surface area contributed by atoms with Crippen LogP contribution in [0.3, 0.4) is 0 Å². The van der Waals surface area contributed by atoms with E-state index in [-0.39, 0.29) is 12.5 Å². The maximum atomic E-state index is 12.5. The average Bonchev–Trinajstić information content (AvgIpc) is 3.31. The predicted molar refractivity (Wildman–Crippen MR) is 152 cm³/mol. The summed E-state index contributed by atoms with van der Waals surface area (Å²) in [5, 5.41) is 8.69. The first-order valence-electron chi connectivity index (χ1n) is 11.0. The Hall–Kier alpha value is -2.97. The average molecular weight is 622 g/mol. The van der Waals surface area contributed by atoms with Crippen LogP contribution in [0.4, 0.5) is 5.69 Å². The molecule has 1 aromatic heterocycles. The Balaban J connectivity index is 1.37. The van der Waals surface area contributed by atoms with Crippen molar-refractivity contribution in [2.45, 2.75) is 13.2 Å². The van der Waals surface area contributed by atoms with E-state index in [9.17, 15) is 4.79 Å². The van der Waals surface area contributed by atoms with E-state index in [1.807, 2.05) is 24.3 Å². The third-order valence-corrected chi connectivity index (χ3v) is 6.83. The normalized spacial score (nSPS) is 11.1. The lowest BCUT2D eigenvalue weighted by molar-refractivity contribution is -0.111. The number of halogens is 4. The van der Waals surface area contributed by atoms with Crippen molar-refractivity contribution >= 4 is 68.4 Å². The smallest absolute Gasteiger partial charge is 0.248 e. The molecule has 0 unspecified atom stereocenters. The number of hydrogen-bond donors (Lipinski definition) is 1. The number of ether oxygens (including phenoxy) is 2. The molecule has 0 aliphatic carbocycles. The maximum Gasteiger partial charge on any atom is 0.248 e. The van der Waals surface area contributed by atoms with Crippen molar-refractivity contribution in [1.82, 2.24) is 9.78 Å². The first-order chi connectivity index (χ1) is 17.8. The minimum Gasteiger partial charge on any atom is -0.496 e. The third kappa shape index (κ3) is 7.52. The Morgan fingerprint density at radius 2 is 1.86 bits per heavy atom. The molecule has 3 aromatic carbocycles. The third-order valence-electron chi connectivity index (χ3n) is 5.24. The summed E-state index contributed by atoms with van der Waals surface area (Å²) < 4.78 is 13.8. The number of amides is 1. The first kappa shape index (κ1) is 27.1. The second-order valence-corrected chi connectivity index (χ2v) is 10.0. The summed E-state index contributed by atoms with van der Waals surface area (Å²) in [5.41, 5.74) is 3.17. The van der Waals surface area contributed by atoms with E-state index in [1.165, 1.54) is 6.08 Å². The van der Waals surface area contributed by atoms with Gasteiger partial charge in [0.25, 0.3) is 0 Å². The van der Waals surface area contributed by atoms with Gasteiger partial charge < -0.3 is 14.8 Å². The van der Waals surface area contributed by atoms with E-state index >= 15 is 0 Å². The van der Waals surface area contributed by atoms with Gasteiger partial charge in [-0.25, -0.2) is 0 Å². The van der Waals surface area contributed by atoms with Gasteiger partial charge in [0.05, 0.1) is 40.1 Å². The lowest BCUT2D eigenvalue weighted by atomic mass is 10.1. The number of anilines is 1. The molecule has 0 aliphatic heterocycles. The van der Waals surface area contributed by atoms with E-state index < -0.39 is 0 Å². The van der Waals surface area contributed by atoms with Crippen molar-refractivity contribution in [3.05, 3.63) is 109 Å². The minimum absolute atomic E-state index is 0.273. The van der Waals surface area contributed by atoms with Crippen LogP contribution in [0, 0.1) is 0 Å². The van der Waals surface area contributed by atoms with Gasteiger partial charge >= 0.3 is 0 Å². The zero-order valence-corrected chi connectivity index (χ0v) is 23.4. The number of hydrogen-bond acceptors (Lipinski definition) is 4. The zero-order chi connectivity index (χ0) is 26.4. The Bertz CT molecular complexity index is 1460. The van der Waals surface area contributed by atoms with Crippen molar-refractivity contribution in [2.24, 2.45) is 0 Å². The van der Waals surface area contributed by atoms with Gasteiger partial charge in [-0.2, -0.15) is 5.10 Å². The largest absolute Gasteiger partial charge is 0.496 e. The lowest BCUT2D eigenvalue weighted by Crippen LogP contribution is -2.07. The van der Waals surface area contributed by atoms with Crippen LogP contribution in [-0.4, -0.2) is 22.8 Å². The first-order valence-corrected chi connectivity index (χ1v) is 12.9. The highest BCUT2D eigenvalue weighted by Gasteiger charge is 2.09. The standard InChI is InChI=1S/C27H21BrCl3N3O3/c1-36-25-7-3-17(10-19(25)16-37-26-8-5-20(29)12-22(26)28)4-9-27(35)33-21-13-32-34(15-21)14-18-2-6-23(30)24(31)11-18/h2-13,15H,14,16H2,1H3,(H,33,35). The zero-order valence-electron chi connectivity index (χ0n) is 19.6. The second-order valence-electron chi connectivity index (χ2n) is 7.93. The highest BCUT2D eigenvalue weighted by atomic mass is 79.9. The number of carbonyl (C=O) groups excluding carboxylic acids is 1. The van der Waals surface area contributed by atoms with Crippen LogP contribution >= 0.6 is 50.7 Å². The molecule has 1 heterocycles. The van der Waals surface area contributed by atoms with Crippen molar-refractivity contribution < 1.29 is 14.3 Å². The number of benzene rings is 3. The summed E-state index contributed by atoms with van der Waals surface area (Å²) >= 11 is 21.5. The van der Waals surface area contributed by atoms with Gasteiger partial charge in [-0.15, -0.1) is 0 Å². The Labute approximate surface area is 237 Å². The molecule has 10 heteroatoms. The Morgan fingerprint density at radius 3 is 2.62 bits per heavy atom. The number of carbonyl (C=O) groups is 1. The molecule has 0 atom stereocenters. The number of nitrogens with zero attached hydrogens (tertiary/aromatic N) is 2. The molecule has 0 aliphatic rings. The summed E-state index contributed by atoms with van der Waals surface area (Å²) in [6.07, 6.45) is 6.50. The molecular weight excluding hydrogens is 601 g/mol. The Morgan fingerprint density at radius 1 is 1.05 bits per heavy atom. The number of methoxy groups -OCH3 is 1. The molecule has 0 fully saturated rings. The maximum absolute atomic E-state index is 12.5. The summed E-state index contributed by atoms with van der Waals surface area (Å²) in [5.74, 6) is 1.06. The van der Waals surface area contributed by atoms with Crippen LogP contribution in [0.5, 0.6) is 11.5 Å². The van der Waals surface area contributed by atoms with Crippen LogP contribution in [0.2, 0.25) is 15.1 Å². The molecule has 4 aromatic rings. The van der Waals surface area contributed by atoms with E-state index in [0.29, 0.717) is 38.8 Å². The van der Waals surface area contributed by atoms with E-state index in [1.54, 1.807) is 60.6 Å². The fourth-order valence-corrected chi connectivity index (χ4v) is 4.58. The summed E-state index contributed by atoms with van der Waals surface area (Å²) in [7, 11) is 1.60. The van der Waals surface area contributed by atoms with Crippen LogP contribution in [0.1, 0.15) is 16.7 Å². The van der Waals surface area contributed by atoms with Gasteiger partial charge in [0.1, 0.15) is 18.1 Å². The number of nitrogens with one attached hydrogen (secondary N) is 1. The SMILES string of the molecule is COc1ccc(C=CC(=O)Nc2cnn(Cc3ccc(Cl)c(Cl)c3)c2)cc1COc1ccc(Cl)cc1Br. The molecular formula is C27H21BrCl3N3O3. The van der Waals surface area contributed by atoms with Gasteiger partial charge in [-0.05, 0) is 75.6 Å². The quantitative estimate of drug-likeness (QED) is 0.193. The molecule has 6 nitrogen and oxygen atoms in total. The fraction of sp³-hybridized carbons (Fsp3) is 0.111. The molecule has 1 N–H and O–H groups in total.